The number of nitrogens with zero attached hydrogens (tertiary/aromatic N) is 1. The Morgan fingerprint density at radius 2 is 1.71 bits per heavy atom. The Bertz CT molecular complexity index is 299. The zero-order chi connectivity index (χ0) is 13.1. The largest absolute Gasteiger partial charge is 0.384 e. The number of methoxy groups -OCH3 is 1. The van der Waals surface area contributed by atoms with Crippen LogP contribution in [0.1, 0.15) is 54.4 Å². The predicted octanol–water partition coefficient (Wildman–Crippen LogP) is 3.31. The van der Waals surface area contributed by atoms with Gasteiger partial charge in [-0.3, -0.25) is 4.90 Å². The van der Waals surface area contributed by atoms with Gasteiger partial charge < -0.3 is 4.74 Å². The maximum Gasteiger partial charge on any atom is 0.0534 e. The van der Waals surface area contributed by atoms with E-state index in [1.807, 2.05) is 7.11 Å². The lowest BCUT2D eigenvalue weighted by molar-refractivity contribution is 0.0361. The summed E-state index contributed by atoms with van der Waals surface area (Å²) < 4.78 is 5.47. The summed E-state index contributed by atoms with van der Waals surface area (Å²) in [6, 6.07) is 1.45. The molecule has 0 radical (unpaired) electrons. The van der Waals surface area contributed by atoms with Crippen LogP contribution in [0.15, 0.2) is 0 Å². The van der Waals surface area contributed by atoms with Gasteiger partial charge in [0, 0.05) is 30.1 Å². The fourth-order valence-corrected chi connectivity index (χ4v) is 3.80. The van der Waals surface area contributed by atoms with E-state index in [1.165, 1.54) is 12.8 Å². The van der Waals surface area contributed by atoms with Crippen molar-refractivity contribution in [2.75, 3.05) is 13.7 Å². The molecular formula is C15H29NO. The summed E-state index contributed by atoms with van der Waals surface area (Å²) in [5, 5.41) is 0. The smallest absolute Gasteiger partial charge is 0.0534 e. The van der Waals surface area contributed by atoms with Crippen molar-refractivity contribution in [2.45, 2.75) is 72.0 Å². The van der Waals surface area contributed by atoms with Crippen molar-refractivity contribution in [2.24, 2.45) is 10.8 Å². The van der Waals surface area contributed by atoms with Gasteiger partial charge in [-0.25, -0.2) is 0 Å². The van der Waals surface area contributed by atoms with Crippen molar-refractivity contribution in [3.8, 4) is 0 Å². The molecule has 0 N–H and O–H groups in total. The van der Waals surface area contributed by atoms with Crippen LogP contribution in [-0.2, 0) is 4.74 Å². The number of likely N-dealkylation sites (tertiary alicyclic amines) is 1. The lowest BCUT2D eigenvalue weighted by atomic mass is 9.80. The maximum atomic E-state index is 5.47. The summed E-state index contributed by atoms with van der Waals surface area (Å²) in [6.07, 6.45) is 2.65. The fraction of sp³-hybridized carbons (Fsp3) is 1.00. The molecule has 0 aromatic rings. The molecule has 100 valence electrons. The molecule has 1 saturated heterocycles. The second kappa shape index (κ2) is 3.71. The molecule has 0 bridgehead atoms. The van der Waals surface area contributed by atoms with Gasteiger partial charge in [-0.1, -0.05) is 20.8 Å². The van der Waals surface area contributed by atoms with Crippen molar-refractivity contribution < 1.29 is 4.74 Å². The number of rotatable bonds is 2. The van der Waals surface area contributed by atoms with Gasteiger partial charge in [-0.05, 0) is 39.0 Å². The Balaban J connectivity index is 2.24. The van der Waals surface area contributed by atoms with Crippen LogP contribution in [0.3, 0.4) is 0 Å². The Labute approximate surface area is 107 Å². The molecule has 2 aliphatic rings. The molecular weight excluding hydrogens is 210 g/mol. The van der Waals surface area contributed by atoms with Gasteiger partial charge in [0.05, 0.1) is 6.61 Å². The third kappa shape index (κ3) is 2.15. The molecule has 2 fully saturated rings. The summed E-state index contributed by atoms with van der Waals surface area (Å²) in [4.78, 5) is 2.77. The van der Waals surface area contributed by atoms with Crippen LogP contribution < -0.4 is 0 Å². The van der Waals surface area contributed by atoms with E-state index in [2.05, 4.69) is 46.4 Å². The standard InChI is InChI=1S/C15H29NO/c1-13(2,3)11-8-15(10-17-7)9-12(15)16(11)14(4,5)6/h11-12H,8-10H2,1-7H3/t11?,12?,15-/m0/s1. The van der Waals surface area contributed by atoms with E-state index in [1.54, 1.807) is 0 Å². The Kier molecular flexibility index (Phi) is 2.91. The summed E-state index contributed by atoms with van der Waals surface area (Å²) in [5.74, 6) is 0. The van der Waals surface area contributed by atoms with Gasteiger partial charge in [0.25, 0.3) is 0 Å². The van der Waals surface area contributed by atoms with Crippen LogP contribution in [0, 0.1) is 10.8 Å². The van der Waals surface area contributed by atoms with Crippen LogP contribution in [-0.4, -0.2) is 36.2 Å². The van der Waals surface area contributed by atoms with Gasteiger partial charge in [0.1, 0.15) is 0 Å². The average Bonchev–Trinajstić information content (AvgIpc) is 2.67. The lowest BCUT2D eigenvalue weighted by Crippen LogP contribution is -2.51. The first-order valence-electron chi connectivity index (χ1n) is 6.89. The topological polar surface area (TPSA) is 12.5 Å². The SMILES string of the molecule is COC[C@@]12CC(C(C)(C)C)N(C(C)(C)C)C1C2. The molecule has 1 aliphatic carbocycles. The normalized spacial score (nSPS) is 38.3. The van der Waals surface area contributed by atoms with E-state index in [0.29, 0.717) is 16.9 Å². The fourth-order valence-electron chi connectivity index (χ4n) is 3.80. The van der Waals surface area contributed by atoms with Crippen LogP contribution in [0.25, 0.3) is 0 Å². The highest BCUT2D eigenvalue weighted by Gasteiger charge is 2.67. The Morgan fingerprint density at radius 1 is 1.12 bits per heavy atom. The molecule has 2 nitrogen and oxygen atoms in total. The van der Waals surface area contributed by atoms with Crippen molar-refractivity contribution in [3.05, 3.63) is 0 Å². The second-order valence-electron chi connectivity index (χ2n) is 8.18. The van der Waals surface area contributed by atoms with Gasteiger partial charge in [-0.15, -0.1) is 0 Å². The van der Waals surface area contributed by atoms with E-state index in [0.717, 1.165) is 12.6 Å². The van der Waals surface area contributed by atoms with Crippen LogP contribution in [0.4, 0.5) is 0 Å². The monoisotopic (exact) mass is 239 g/mol. The molecule has 3 atom stereocenters. The first-order valence-corrected chi connectivity index (χ1v) is 6.89. The van der Waals surface area contributed by atoms with E-state index < -0.39 is 0 Å². The van der Waals surface area contributed by atoms with Crippen LogP contribution >= 0.6 is 0 Å². The minimum Gasteiger partial charge on any atom is -0.384 e. The molecule has 0 amide bonds. The molecule has 2 heteroatoms. The molecule has 0 spiro atoms. The molecule has 1 aliphatic heterocycles. The van der Waals surface area contributed by atoms with Gasteiger partial charge >= 0.3 is 0 Å². The summed E-state index contributed by atoms with van der Waals surface area (Å²) >= 11 is 0. The first-order chi connectivity index (χ1) is 7.62. The maximum absolute atomic E-state index is 5.47. The molecule has 1 saturated carbocycles. The molecule has 17 heavy (non-hydrogen) atoms. The van der Waals surface area contributed by atoms with Gasteiger partial charge in [-0.2, -0.15) is 0 Å². The molecule has 2 rings (SSSR count). The number of hydrogen-bond acceptors (Lipinski definition) is 2. The van der Waals surface area contributed by atoms with Crippen molar-refractivity contribution in [1.29, 1.82) is 0 Å². The molecule has 0 aromatic heterocycles. The van der Waals surface area contributed by atoms with E-state index in [4.69, 9.17) is 4.74 Å². The Hall–Kier alpha value is -0.0800. The Morgan fingerprint density at radius 3 is 2.06 bits per heavy atom. The highest BCUT2D eigenvalue weighted by Crippen LogP contribution is 2.63. The summed E-state index contributed by atoms with van der Waals surface area (Å²) in [7, 11) is 1.84. The molecule has 1 heterocycles. The van der Waals surface area contributed by atoms with Crippen molar-refractivity contribution in [3.63, 3.8) is 0 Å². The van der Waals surface area contributed by atoms with Gasteiger partial charge in [0.15, 0.2) is 0 Å². The quantitative estimate of drug-likeness (QED) is 0.733. The third-order valence-electron chi connectivity index (χ3n) is 4.62. The highest BCUT2D eigenvalue weighted by molar-refractivity contribution is 5.20. The molecule has 2 unspecified atom stereocenters. The minimum atomic E-state index is 0.272. The number of piperidine rings is 1. The lowest BCUT2D eigenvalue weighted by Gasteiger charge is -2.45. The van der Waals surface area contributed by atoms with Crippen molar-refractivity contribution >= 4 is 0 Å². The van der Waals surface area contributed by atoms with E-state index in [9.17, 15) is 0 Å². The summed E-state index contributed by atoms with van der Waals surface area (Å²) in [6.45, 7) is 15.1. The van der Waals surface area contributed by atoms with Crippen LogP contribution in [0.2, 0.25) is 0 Å². The zero-order valence-electron chi connectivity index (χ0n) is 12.6. The molecule has 0 aromatic carbocycles. The zero-order valence-corrected chi connectivity index (χ0v) is 12.6. The first kappa shape index (κ1) is 13.4. The average molecular weight is 239 g/mol. The highest BCUT2D eigenvalue weighted by atomic mass is 16.5. The second-order valence-corrected chi connectivity index (χ2v) is 8.18. The minimum absolute atomic E-state index is 0.272. The van der Waals surface area contributed by atoms with Gasteiger partial charge in [0.2, 0.25) is 0 Å². The number of fused-ring (bicyclic) bond motifs is 1. The van der Waals surface area contributed by atoms with E-state index >= 15 is 0 Å². The summed E-state index contributed by atoms with van der Waals surface area (Å²) in [5.41, 5.74) is 1.11. The van der Waals surface area contributed by atoms with E-state index in [-0.39, 0.29) is 5.54 Å². The predicted molar refractivity (Wildman–Crippen MR) is 72.2 cm³/mol. The third-order valence-corrected chi connectivity index (χ3v) is 4.62. The number of hydrogen-bond donors (Lipinski definition) is 0. The van der Waals surface area contributed by atoms with Crippen LogP contribution in [0.5, 0.6) is 0 Å². The number of ether oxygens (including phenoxy) is 1. The van der Waals surface area contributed by atoms with Crippen molar-refractivity contribution in [1.82, 2.24) is 4.90 Å².